The minimum absolute atomic E-state index is 0.295. The number of aromatic nitrogens is 4. The number of benzene rings is 4. The Kier molecular flexibility index (Phi) is 14.7. The number of aromatic amines is 2. The first kappa shape index (κ1) is 50.1. The van der Waals surface area contributed by atoms with Crippen LogP contribution in [0.3, 0.4) is 0 Å². The Morgan fingerprint density at radius 1 is 0.324 bits per heavy atom. The van der Waals surface area contributed by atoms with Crippen LogP contribution in [0.25, 0.3) is 84.5 Å². The molecule has 0 unspecified atom stereocenters. The largest absolute Gasteiger partial charge is 0.352 e. The average molecular weight is 1500 g/mol. The molecule has 8 nitrogen and oxygen atoms in total. The van der Waals surface area contributed by atoms with E-state index in [1.165, 1.54) is 0 Å². The van der Waals surface area contributed by atoms with Crippen LogP contribution < -0.4 is 0 Å². The van der Waals surface area contributed by atoms with Gasteiger partial charge in [0, 0.05) is 44.5 Å². The predicted octanol–water partition coefficient (Wildman–Crippen LogP) is 18.8. The molecule has 5 heterocycles. The summed E-state index contributed by atoms with van der Waals surface area (Å²) in [6.45, 7) is 0. The summed E-state index contributed by atoms with van der Waals surface area (Å²) in [5.41, 5.74) is 10.5. The van der Waals surface area contributed by atoms with Crippen LogP contribution in [0.15, 0.2) is 115 Å². The maximum absolute atomic E-state index is 12.3. The fourth-order valence-electron chi connectivity index (χ4n) is 7.77. The topological polar surface area (TPSA) is 126 Å². The molecule has 9 rings (SSSR count). The van der Waals surface area contributed by atoms with Crippen LogP contribution >= 0.6 is 174 Å². The number of halogens is 12. The lowest BCUT2D eigenvalue weighted by molar-refractivity contribution is 0.107. The number of fused-ring (bicyclic) bond motifs is 8. The fourth-order valence-corrected chi connectivity index (χ4v) is 12.2. The zero-order chi connectivity index (χ0) is 48.6. The van der Waals surface area contributed by atoms with E-state index in [2.05, 4.69) is 137 Å². The van der Waals surface area contributed by atoms with Crippen molar-refractivity contribution in [1.82, 2.24) is 19.9 Å². The first-order chi connectivity index (χ1) is 32.4. The van der Waals surface area contributed by atoms with E-state index in [9.17, 15) is 19.2 Å². The zero-order valence-corrected chi connectivity index (χ0v) is 49.0. The molecule has 8 bridgehead atoms. The Morgan fingerprint density at radius 2 is 0.500 bits per heavy atom. The lowest BCUT2D eigenvalue weighted by Crippen LogP contribution is -1.93. The third kappa shape index (κ3) is 8.95. The van der Waals surface area contributed by atoms with Gasteiger partial charge < -0.3 is 9.97 Å². The van der Waals surface area contributed by atoms with Crippen LogP contribution in [0.1, 0.15) is 64.2 Å². The number of carbonyl (C=O) groups excluding carboxylic acids is 4. The van der Waals surface area contributed by atoms with Gasteiger partial charge in [-0.1, -0.05) is 48.5 Å². The van der Waals surface area contributed by atoms with E-state index in [-0.39, 0.29) is 0 Å². The molecule has 68 heavy (non-hydrogen) atoms. The smallest absolute Gasteiger partial charge is 0.252 e. The monoisotopic (exact) mass is 1490 g/mol. The summed E-state index contributed by atoms with van der Waals surface area (Å²) in [4.78, 5) is 67.5. The molecule has 0 saturated carbocycles. The summed E-state index contributed by atoms with van der Waals surface area (Å²) in [5.74, 6) is 0. The van der Waals surface area contributed by atoms with Crippen molar-refractivity contribution < 1.29 is 19.2 Å². The highest BCUT2D eigenvalue weighted by Crippen LogP contribution is 2.53. The van der Waals surface area contributed by atoms with Crippen molar-refractivity contribution in [2.75, 3.05) is 0 Å². The van der Waals surface area contributed by atoms with Gasteiger partial charge >= 0.3 is 0 Å². The SMILES string of the molecule is O=C(Cl)c1ccc(-c2c3nc(c(-c4ccc(C(=O)Cl)cc4)c4[nH]c(c(Br)c4Br)c(-c4ccc(C(=O)Cl)cc4)c4nc(c(-c5ccc(C(=O)Cl)cc5)c5[nH]c2c(Br)c5Br)C(Br)=C4Br)C(Br)=C3Br)cc1. The molecule has 0 spiro atoms. The van der Waals surface area contributed by atoms with Gasteiger partial charge in [-0.25, -0.2) is 9.97 Å². The highest BCUT2D eigenvalue weighted by atomic mass is 79.9. The van der Waals surface area contributed by atoms with Crippen LogP contribution in [0.4, 0.5) is 0 Å². The van der Waals surface area contributed by atoms with Crippen molar-refractivity contribution >= 4 is 235 Å². The number of hydrogen-bond donors (Lipinski definition) is 2. The van der Waals surface area contributed by atoms with Gasteiger partial charge in [0.05, 0.1) is 80.7 Å². The van der Waals surface area contributed by atoms with E-state index in [0.29, 0.717) is 147 Å². The normalized spacial score (nSPS) is 12.5. The third-order valence-corrected chi connectivity index (χ3v) is 20.2. The molecule has 20 heteroatoms. The van der Waals surface area contributed by atoms with Gasteiger partial charge in [-0.3, -0.25) is 19.2 Å². The molecule has 0 aliphatic carbocycles. The van der Waals surface area contributed by atoms with Crippen molar-refractivity contribution in [3.63, 3.8) is 0 Å². The van der Waals surface area contributed by atoms with Crippen LogP contribution in [0.2, 0.25) is 0 Å². The van der Waals surface area contributed by atoms with E-state index >= 15 is 0 Å². The molecule has 4 aromatic carbocycles. The van der Waals surface area contributed by atoms with Crippen molar-refractivity contribution in [3.8, 4) is 44.5 Å². The van der Waals surface area contributed by atoms with Gasteiger partial charge in [-0.2, -0.15) is 0 Å². The summed E-state index contributed by atoms with van der Waals surface area (Å²) in [5, 5.41) is -2.47. The molecule has 0 fully saturated rings. The number of rotatable bonds is 8. The Labute approximate surface area is 472 Å². The van der Waals surface area contributed by atoms with E-state index < -0.39 is 21.0 Å². The minimum Gasteiger partial charge on any atom is -0.352 e. The third-order valence-electron chi connectivity index (χ3n) is 11.0. The molecule has 2 aliphatic rings. The van der Waals surface area contributed by atoms with Gasteiger partial charge in [0.15, 0.2) is 0 Å². The highest BCUT2D eigenvalue weighted by molar-refractivity contribution is 9.18. The van der Waals surface area contributed by atoms with E-state index in [4.69, 9.17) is 56.4 Å². The number of carbonyl (C=O) groups is 4. The molecule has 7 aromatic rings. The number of nitrogens with zero attached hydrogens (tertiary/aromatic N) is 2. The van der Waals surface area contributed by atoms with Gasteiger partial charge in [0.1, 0.15) is 0 Å². The van der Waals surface area contributed by atoms with Crippen molar-refractivity contribution in [2.45, 2.75) is 0 Å². The average Bonchev–Trinajstić information content (AvgIpc) is 3.98. The van der Waals surface area contributed by atoms with Crippen molar-refractivity contribution in [2.24, 2.45) is 0 Å². The van der Waals surface area contributed by atoms with E-state index in [1.807, 2.05) is 0 Å². The van der Waals surface area contributed by atoms with Crippen LogP contribution in [-0.4, -0.2) is 40.9 Å². The molecule has 2 N–H and O–H groups in total. The van der Waals surface area contributed by atoms with Crippen LogP contribution in [0, 0.1) is 0 Å². The maximum Gasteiger partial charge on any atom is 0.252 e. The number of H-pyrrole nitrogens is 2. The second kappa shape index (κ2) is 20.0. The molecule has 2 aliphatic heterocycles. The Balaban J connectivity index is 1.58. The lowest BCUT2D eigenvalue weighted by Gasteiger charge is -2.08. The molecule has 0 amide bonds. The van der Waals surface area contributed by atoms with Gasteiger partial charge in [-0.05, 0) is 245 Å². The van der Waals surface area contributed by atoms with E-state index in [1.54, 1.807) is 97.1 Å². The fraction of sp³-hybridized carbons (Fsp3) is 0. The number of nitrogens with one attached hydrogen (secondary N) is 2. The van der Waals surface area contributed by atoms with Crippen molar-refractivity contribution in [1.29, 1.82) is 0 Å². The molecule has 0 saturated heterocycles. The maximum atomic E-state index is 12.3. The summed E-state index contributed by atoms with van der Waals surface area (Å²) in [7, 11) is 0. The van der Waals surface area contributed by atoms with Gasteiger partial charge in [-0.15, -0.1) is 0 Å². The Bertz CT molecular complexity index is 3180. The Hall–Kier alpha value is -2.84. The first-order valence-electron chi connectivity index (χ1n) is 19.3. The first-order valence-corrected chi connectivity index (χ1v) is 27.1. The predicted molar refractivity (Wildman–Crippen MR) is 304 cm³/mol. The van der Waals surface area contributed by atoms with Crippen LogP contribution in [-0.2, 0) is 0 Å². The second-order valence-electron chi connectivity index (χ2n) is 14.8. The summed E-state index contributed by atoms with van der Waals surface area (Å²) in [6, 6.07) is 27.4. The molecule has 338 valence electrons. The molecular weight excluding hydrogens is 1480 g/mol. The van der Waals surface area contributed by atoms with Gasteiger partial charge in [0.25, 0.3) is 21.0 Å². The molecule has 3 aromatic heterocycles. The molecular formula is C48H18Br8Cl4N4O4. The van der Waals surface area contributed by atoms with Gasteiger partial charge in [0.2, 0.25) is 0 Å². The highest BCUT2D eigenvalue weighted by Gasteiger charge is 2.31. The summed E-state index contributed by atoms with van der Waals surface area (Å²) >= 11 is 55.1. The molecule has 0 atom stereocenters. The van der Waals surface area contributed by atoms with E-state index in [0.717, 1.165) is 0 Å². The standard InChI is InChI=1S/C48H18Br8Cl4N4O4/c49-29-31(51)39-26(18-3-11-22(12-4-18)46(58)66)41-33(53)35(55)43(63-41)28(20-7-15-24(16-8-20)48(60)68)44-36(56)34(54)42(64-44)27(19-5-13-23(14-6-19)47(59)67)40-32(52)30(50)38(62-40)25(37(29)61-39)17-1-9-21(10-2-17)45(57)65/h1-16,61,64H. The molecule has 0 radical (unpaired) electrons. The summed E-state index contributed by atoms with van der Waals surface area (Å²) in [6.07, 6.45) is 0. The zero-order valence-electron chi connectivity index (χ0n) is 33.3. The van der Waals surface area contributed by atoms with Crippen LogP contribution in [0.5, 0.6) is 0 Å². The minimum atomic E-state index is -0.617. The van der Waals surface area contributed by atoms with Crippen molar-refractivity contribution in [3.05, 3.63) is 160 Å². The Morgan fingerprint density at radius 3 is 0.662 bits per heavy atom. The number of hydrogen-bond acceptors (Lipinski definition) is 6. The second-order valence-corrected chi connectivity index (χ2v) is 22.5. The summed E-state index contributed by atoms with van der Waals surface area (Å²) < 4.78 is 4.75. The quantitative estimate of drug-likeness (QED) is 0.146. The lowest BCUT2D eigenvalue weighted by atomic mass is 10.0.